The zero-order valence-corrected chi connectivity index (χ0v) is 17.6. The highest BCUT2D eigenvalue weighted by Gasteiger charge is 1.94. The standard InChI is InChI=1S/C23H46N2O/c1-2-3-4-5-6-7-8-9-10-11-12-13-14-15-16-17-18-19-20-21-22-25-23(24)26/h9-10H,2-8,11-22H2,1H3,(H3,24,25,26). The third-order valence-corrected chi connectivity index (χ3v) is 4.99. The van der Waals surface area contributed by atoms with E-state index in [2.05, 4.69) is 24.4 Å². The number of urea groups is 1. The normalized spacial score (nSPS) is 11.3. The predicted molar refractivity (Wildman–Crippen MR) is 116 cm³/mol. The summed E-state index contributed by atoms with van der Waals surface area (Å²) in [5.74, 6) is 0. The van der Waals surface area contributed by atoms with Crippen molar-refractivity contribution in [1.29, 1.82) is 0 Å². The maximum Gasteiger partial charge on any atom is 0.312 e. The molecule has 3 heteroatoms. The van der Waals surface area contributed by atoms with Gasteiger partial charge in [-0.1, -0.05) is 103 Å². The molecule has 0 heterocycles. The van der Waals surface area contributed by atoms with Crippen LogP contribution in [-0.4, -0.2) is 12.6 Å². The van der Waals surface area contributed by atoms with Crippen molar-refractivity contribution in [2.75, 3.05) is 6.54 Å². The Balaban J connectivity index is 3.06. The van der Waals surface area contributed by atoms with Gasteiger partial charge in [-0.05, 0) is 32.1 Å². The quantitative estimate of drug-likeness (QED) is 0.173. The van der Waals surface area contributed by atoms with Crippen molar-refractivity contribution >= 4 is 6.03 Å². The Labute approximate surface area is 163 Å². The largest absolute Gasteiger partial charge is 0.352 e. The highest BCUT2D eigenvalue weighted by molar-refractivity contribution is 5.71. The van der Waals surface area contributed by atoms with Crippen LogP contribution in [-0.2, 0) is 0 Å². The van der Waals surface area contributed by atoms with Crippen LogP contribution in [0.1, 0.15) is 122 Å². The molecule has 0 aliphatic heterocycles. The van der Waals surface area contributed by atoms with E-state index in [1.54, 1.807) is 0 Å². The summed E-state index contributed by atoms with van der Waals surface area (Å²) >= 11 is 0. The third-order valence-electron chi connectivity index (χ3n) is 4.99. The first-order valence-electron chi connectivity index (χ1n) is 11.5. The summed E-state index contributed by atoms with van der Waals surface area (Å²) in [4.78, 5) is 10.5. The van der Waals surface area contributed by atoms with Gasteiger partial charge < -0.3 is 11.1 Å². The smallest absolute Gasteiger partial charge is 0.312 e. The van der Waals surface area contributed by atoms with Crippen molar-refractivity contribution in [3.63, 3.8) is 0 Å². The fraction of sp³-hybridized carbons (Fsp3) is 0.870. The van der Waals surface area contributed by atoms with Gasteiger partial charge in [0, 0.05) is 6.54 Å². The molecule has 0 fully saturated rings. The number of primary amides is 1. The number of rotatable bonds is 20. The zero-order valence-electron chi connectivity index (χ0n) is 17.6. The van der Waals surface area contributed by atoms with Crippen LogP contribution in [0.15, 0.2) is 12.2 Å². The molecule has 0 aromatic heterocycles. The highest BCUT2D eigenvalue weighted by Crippen LogP contribution is 2.12. The summed E-state index contributed by atoms with van der Waals surface area (Å²) in [6.45, 7) is 3.00. The lowest BCUT2D eigenvalue weighted by Gasteiger charge is -2.03. The first-order chi connectivity index (χ1) is 12.8. The molecule has 0 radical (unpaired) electrons. The van der Waals surface area contributed by atoms with Crippen LogP contribution in [0.25, 0.3) is 0 Å². The molecular formula is C23H46N2O. The van der Waals surface area contributed by atoms with E-state index in [9.17, 15) is 4.79 Å². The van der Waals surface area contributed by atoms with E-state index in [1.165, 1.54) is 109 Å². The van der Waals surface area contributed by atoms with Gasteiger partial charge in [-0.25, -0.2) is 4.79 Å². The first kappa shape index (κ1) is 25.0. The summed E-state index contributed by atoms with van der Waals surface area (Å²) in [7, 11) is 0. The average Bonchev–Trinajstić information content (AvgIpc) is 2.62. The number of allylic oxidation sites excluding steroid dienone is 2. The number of nitrogens with one attached hydrogen (secondary N) is 1. The number of hydrogen-bond donors (Lipinski definition) is 2. The lowest BCUT2D eigenvalue weighted by Crippen LogP contribution is -2.29. The first-order valence-corrected chi connectivity index (χ1v) is 11.5. The van der Waals surface area contributed by atoms with Gasteiger partial charge in [-0.15, -0.1) is 0 Å². The molecule has 154 valence electrons. The van der Waals surface area contributed by atoms with Crippen LogP contribution in [0.5, 0.6) is 0 Å². The maximum atomic E-state index is 10.5. The average molecular weight is 367 g/mol. The van der Waals surface area contributed by atoms with E-state index in [4.69, 9.17) is 5.73 Å². The predicted octanol–water partition coefficient (Wildman–Crippen LogP) is 7.25. The van der Waals surface area contributed by atoms with E-state index < -0.39 is 6.03 Å². The molecule has 0 atom stereocenters. The van der Waals surface area contributed by atoms with Crippen molar-refractivity contribution in [3.05, 3.63) is 12.2 Å². The van der Waals surface area contributed by atoms with E-state index in [0.29, 0.717) is 0 Å². The van der Waals surface area contributed by atoms with Gasteiger partial charge in [0.15, 0.2) is 0 Å². The monoisotopic (exact) mass is 366 g/mol. The van der Waals surface area contributed by atoms with E-state index in [-0.39, 0.29) is 0 Å². The minimum Gasteiger partial charge on any atom is -0.352 e. The van der Waals surface area contributed by atoms with Gasteiger partial charge in [0.25, 0.3) is 0 Å². The van der Waals surface area contributed by atoms with Crippen LogP contribution < -0.4 is 11.1 Å². The van der Waals surface area contributed by atoms with Crippen molar-refractivity contribution in [2.24, 2.45) is 5.73 Å². The van der Waals surface area contributed by atoms with E-state index >= 15 is 0 Å². The van der Waals surface area contributed by atoms with Gasteiger partial charge >= 0.3 is 6.03 Å². The number of hydrogen-bond acceptors (Lipinski definition) is 1. The molecule has 0 saturated carbocycles. The number of carbonyl (C=O) groups excluding carboxylic acids is 1. The van der Waals surface area contributed by atoms with Crippen LogP contribution in [0, 0.1) is 0 Å². The number of unbranched alkanes of at least 4 members (excludes halogenated alkanes) is 16. The Hall–Kier alpha value is -0.990. The Kier molecular flexibility index (Phi) is 21.2. The van der Waals surface area contributed by atoms with Gasteiger partial charge in [-0.2, -0.15) is 0 Å². The van der Waals surface area contributed by atoms with Gasteiger partial charge in [-0.3, -0.25) is 0 Å². The molecule has 3 N–H and O–H groups in total. The molecule has 0 aliphatic rings. The minimum absolute atomic E-state index is 0.404. The lowest BCUT2D eigenvalue weighted by molar-refractivity contribution is 0.248. The molecule has 0 aromatic rings. The summed E-state index contributed by atoms with van der Waals surface area (Å²) in [5, 5.41) is 2.64. The summed E-state index contributed by atoms with van der Waals surface area (Å²) in [6, 6.07) is -0.404. The molecule has 3 nitrogen and oxygen atoms in total. The molecule has 2 amide bonds. The Morgan fingerprint density at radius 3 is 1.46 bits per heavy atom. The molecular weight excluding hydrogens is 320 g/mol. The van der Waals surface area contributed by atoms with E-state index in [0.717, 1.165) is 13.0 Å². The minimum atomic E-state index is -0.404. The van der Waals surface area contributed by atoms with Crippen LogP contribution in [0.3, 0.4) is 0 Å². The molecule has 0 bridgehead atoms. The lowest BCUT2D eigenvalue weighted by atomic mass is 10.1. The zero-order chi connectivity index (χ0) is 19.1. The van der Waals surface area contributed by atoms with Crippen LogP contribution in [0.4, 0.5) is 4.79 Å². The highest BCUT2D eigenvalue weighted by atomic mass is 16.2. The Morgan fingerprint density at radius 1 is 0.654 bits per heavy atom. The Morgan fingerprint density at radius 2 is 1.04 bits per heavy atom. The summed E-state index contributed by atoms with van der Waals surface area (Å²) in [5.41, 5.74) is 5.02. The third kappa shape index (κ3) is 23.0. The van der Waals surface area contributed by atoms with Crippen LogP contribution in [0.2, 0.25) is 0 Å². The molecule has 0 aromatic carbocycles. The molecule has 0 aliphatic carbocycles. The van der Waals surface area contributed by atoms with Crippen molar-refractivity contribution in [2.45, 2.75) is 122 Å². The number of nitrogens with two attached hydrogens (primary N) is 1. The second-order valence-electron chi connectivity index (χ2n) is 7.64. The van der Waals surface area contributed by atoms with Gasteiger partial charge in [0.2, 0.25) is 0 Å². The second-order valence-corrected chi connectivity index (χ2v) is 7.64. The van der Waals surface area contributed by atoms with Gasteiger partial charge in [0.1, 0.15) is 0 Å². The van der Waals surface area contributed by atoms with Crippen LogP contribution >= 0.6 is 0 Å². The van der Waals surface area contributed by atoms with Crippen molar-refractivity contribution < 1.29 is 4.79 Å². The summed E-state index contributed by atoms with van der Waals surface area (Å²) < 4.78 is 0. The SMILES string of the molecule is CCCCCCCCC=CCCCCCCCCCCCCNC(N)=O. The molecule has 0 unspecified atom stereocenters. The summed E-state index contributed by atoms with van der Waals surface area (Å²) in [6.07, 6.45) is 28.9. The topological polar surface area (TPSA) is 55.1 Å². The Bertz CT molecular complexity index is 315. The molecule has 0 rings (SSSR count). The molecule has 0 spiro atoms. The fourth-order valence-electron chi connectivity index (χ4n) is 3.29. The fourth-order valence-corrected chi connectivity index (χ4v) is 3.29. The van der Waals surface area contributed by atoms with Crippen molar-refractivity contribution in [1.82, 2.24) is 5.32 Å². The van der Waals surface area contributed by atoms with Crippen molar-refractivity contribution in [3.8, 4) is 0 Å². The molecule has 0 saturated heterocycles. The number of carbonyl (C=O) groups is 1. The van der Waals surface area contributed by atoms with Gasteiger partial charge in [0.05, 0.1) is 0 Å². The number of amides is 2. The maximum absolute atomic E-state index is 10.5. The second kappa shape index (κ2) is 22.1. The van der Waals surface area contributed by atoms with E-state index in [1.807, 2.05) is 0 Å². The molecule has 26 heavy (non-hydrogen) atoms.